The lowest BCUT2D eigenvalue weighted by molar-refractivity contribution is 0.523. The third kappa shape index (κ3) is 2.30. The van der Waals surface area contributed by atoms with Crippen molar-refractivity contribution in [1.29, 1.82) is 0 Å². The van der Waals surface area contributed by atoms with E-state index in [1.54, 1.807) is 6.20 Å². The Morgan fingerprint density at radius 2 is 2.04 bits per heavy atom. The highest BCUT2D eigenvalue weighted by Gasteiger charge is 2.29. The van der Waals surface area contributed by atoms with Crippen molar-refractivity contribution in [2.75, 3.05) is 0 Å². The van der Waals surface area contributed by atoms with Crippen LogP contribution in [-0.4, -0.2) is 14.5 Å². The van der Waals surface area contributed by atoms with Crippen LogP contribution in [0.2, 0.25) is 0 Å². The van der Waals surface area contributed by atoms with Crippen LogP contribution in [0, 0.1) is 0 Å². The zero-order valence-corrected chi connectivity index (χ0v) is 13.5. The zero-order valence-electron chi connectivity index (χ0n) is 13.5. The Bertz CT molecular complexity index is 982. The first kappa shape index (κ1) is 14.7. The van der Waals surface area contributed by atoms with E-state index in [1.165, 1.54) is 10.9 Å². The van der Waals surface area contributed by atoms with E-state index in [9.17, 15) is 0 Å². The van der Waals surface area contributed by atoms with Crippen molar-refractivity contribution in [3.63, 3.8) is 0 Å². The molecule has 120 valence electrons. The van der Waals surface area contributed by atoms with Gasteiger partial charge in [0, 0.05) is 41.6 Å². The number of para-hydroxylation sites is 1. The predicted octanol–water partition coefficient (Wildman–Crippen LogP) is 2.59. The van der Waals surface area contributed by atoms with Crippen LogP contribution in [-0.2, 0) is 12.6 Å². The quantitative estimate of drug-likeness (QED) is 0.761. The van der Waals surface area contributed by atoms with E-state index in [-0.39, 0.29) is 0 Å². The highest BCUT2D eigenvalue weighted by atomic mass is 15.0. The lowest BCUT2D eigenvalue weighted by Gasteiger charge is -2.25. The Hall–Kier alpha value is -2.92. The molecule has 2 heterocycles. The van der Waals surface area contributed by atoms with Gasteiger partial charge in [-0.1, -0.05) is 30.4 Å². The van der Waals surface area contributed by atoms with E-state index in [2.05, 4.69) is 27.9 Å². The maximum Gasteiger partial charge on any atom is 0.152 e. The standard InChI is InChI=1S/C19H19N5/c1-24-12-15(14-4-2-3-5-17(14)24)16-8-11-22-18(23-16)19(21)9-6-13(20)7-10-19/h2-9,11-12H,10,20-21H2,1H3. The molecule has 1 aromatic carbocycles. The number of rotatable bonds is 2. The number of nitrogens with zero attached hydrogens (tertiary/aromatic N) is 3. The van der Waals surface area contributed by atoms with Crippen molar-refractivity contribution in [3.05, 3.63) is 72.5 Å². The van der Waals surface area contributed by atoms with Gasteiger partial charge in [0.25, 0.3) is 0 Å². The van der Waals surface area contributed by atoms with Crippen LogP contribution in [0.15, 0.2) is 66.7 Å². The van der Waals surface area contributed by atoms with Crippen LogP contribution < -0.4 is 11.5 Å². The fourth-order valence-electron chi connectivity index (χ4n) is 3.11. The van der Waals surface area contributed by atoms with E-state index in [0.717, 1.165) is 17.0 Å². The first-order valence-corrected chi connectivity index (χ1v) is 7.88. The van der Waals surface area contributed by atoms with Crippen molar-refractivity contribution in [1.82, 2.24) is 14.5 Å². The SMILES string of the molecule is Cn1cc(-c2ccnc(C3(N)C=CC(N)=CC3)n2)c2ccccc21. The Morgan fingerprint density at radius 1 is 1.21 bits per heavy atom. The van der Waals surface area contributed by atoms with Crippen molar-refractivity contribution in [3.8, 4) is 11.3 Å². The fourth-order valence-corrected chi connectivity index (χ4v) is 3.11. The molecule has 5 nitrogen and oxygen atoms in total. The van der Waals surface area contributed by atoms with Gasteiger partial charge in [-0.2, -0.15) is 0 Å². The average Bonchev–Trinajstić information content (AvgIpc) is 2.95. The van der Waals surface area contributed by atoms with Gasteiger partial charge in [0.15, 0.2) is 5.82 Å². The molecule has 4 rings (SSSR count). The molecule has 1 aliphatic rings. The van der Waals surface area contributed by atoms with Gasteiger partial charge >= 0.3 is 0 Å². The largest absolute Gasteiger partial charge is 0.399 e. The first-order chi connectivity index (χ1) is 11.6. The molecule has 2 aromatic heterocycles. The predicted molar refractivity (Wildman–Crippen MR) is 95.8 cm³/mol. The van der Waals surface area contributed by atoms with Crippen LogP contribution in [0.5, 0.6) is 0 Å². The molecule has 0 aliphatic heterocycles. The molecular formula is C19H19N5. The molecular weight excluding hydrogens is 298 g/mol. The summed E-state index contributed by atoms with van der Waals surface area (Å²) < 4.78 is 2.11. The van der Waals surface area contributed by atoms with Crippen molar-refractivity contribution in [2.45, 2.75) is 12.0 Å². The normalized spacial score (nSPS) is 20.3. The first-order valence-electron chi connectivity index (χ1n) is 7.88. The summed E-state index contributed by atoms with van der Waals surface area (Å²) in [7, 11) is 2.04. The highest BCUT2D eigenvalue weighted by Crippen LogP contribution is 2.31. The molecule has 24 heavy (non-hydrogen) atoms. The molecule has 0 spiro atoms. The van der Waals surface area contributed by atoms with Crippen LogP contribution in [0.1, 0.15) is 12.2 Å². The maximum atomic E-state index is 6.49. The second kappa shape index (κ2) is 5.32. The number of aromatic nitrogens is 3. The Labute approximate surface area is 140 Å². The zero-order chi connectivity index (χ0) is 16.7. The molecule has 0 radical (unpaired) electrons. The molecule has 0 saturated carbocycles. The average molecular weight is 317 g/mol. The number of benzene rings is 1. The summed E-state index contributed by atoms with van der Waals surface area (Å²) in [5.41, 5.74) is 15.4. The lowest BCUT2D eigenvalue weighted by Crippen LogP contribution is -2.37. The van der Waals surface area contributed by atoms with Gasteiger partial charge in [0.2, 0.25) is 0 Å². The van der Waals surface area contributed by atoms with Crippen molar-refractivity contribution in [2.24, 2.45) is 18.5 Å². The minimum atomic E-state index is -0.719. The fraction of sp³-hybridized carbons (Fsp3) is 0.158. The second-order valence-electron chi connectivity index (χ2n) is 6.22. The molecule has 1 atom stereocenters. The van der Waals surface area contributed by atoms with Crippen molar-refractivity contribution >= 4 is 10.9 Å². The van der Waals surface area contributed by atoms with Gasteiger partial charge in [-0.3, -0.25) is 0 Å². The molecule has 1 unspecified atom stereocenters. The van der Waals surface area contributed by atoms with Gasteiger partial charge in [-0.05, 0) is 24.6 Å². The number of hydrogen-bond acceptors (Lipinski definition) is 4. The molecule has 1 aliphatic carbocycles. The molecule has 4 N–H and O–H groups in total. The summed E-state index contributed by atoms with van der Waals surface area (Å²) in [5, 5.41) is 1.17. The summed E-state index contributed by atoms with van der Waals surface area (Å²) in [6, 6.07) is 10.2. The maximum absolute atomic E-state index is 6.49. The molecule has 0 fully saturated rings. The monoisotopic (exact) mass is 317 g/mol. The van der Waals surface area contributed by atoms with Gasteiger partial charge in [-0.15, -0.1) is 0 Å². The van der Waals surface area contributed by atoms with Gasteiger partial charge < -0.3 is 16.0 Å². The molecule has 0 amide bonds. The number of nitrogens with two attached hydrogens (primary N) is 2. The molecule has 0 saturated heterocycles. The van der Waals surface area contributed by atoms with E-state index in [4.69, 9.17) is 16.5 Å². The van der Waals surface area contributed by atoms with Crippen molar-refractivity contribution < 1.29 is 0 Å². The Morgan fingerprint density at radius 3 is 2.83 bits per heavy atom. The van der Waals surface area contributed by atoms with Gasteiger partial charge in [-0.25, -0.2) is 9.97 Å². The van der Waals surface area contributed by atoms with Gasteiger partial charge in [0.1, 0.15) is 0 Å². The topological polar surface area (TPSA) is 82.8 Å². The van der Waals surface area contributed by atoms with E-state index in [0.29, 0.717) is 12.2 Å². The third-order valence-corrected chi connectivity index (χ3v) is 4.49. The summed E-state index contributed by atoms with van der Waals surface area (Å²) in [6.45, 7) is 0. The number of hydrogen-bond donors (Lipinski definition) is 2. The Balaban J connectivity index is 1.82. The van der Waals surface area contributed by atoms with Gasteiger partial charge in [0.05, 0.1) is 11.2 Å². The van der Waals surface area contributed by atoms with E-state index in [1.807, 2.05) is 43.5 Å². The summed E-state index contributed by atoms with van der Waals surface area (Å²) in [4.78, 5) is 9.16. The van der Waals surface area contributed by atoms with E-state index < -0.39 is 5.54 Å². The molecule has 5 heteroatoms. The van der Waals surface area contributed by atoms with Crippen LogP contribution in [0.3, 0.4) is 0 Å². The number of allylic oxidation sites excluding steroid dienone is 1. The molecule has 0 bridgehead atoms. The summed E-state index contributed by atoms with van der Waals surface area (Å²) in [5.74, 6) is 0.605. The Kier molecular flexibility index (Phi) is 3.25. The highest BCUT2D eigenvalue weighted by molar-refractivity contribution is 5.95. The number of aryl methyl sites for hydroxylation is 1. The minimum absolute atomic E-state index is 0.592. The van der Waals surface area contributed by atoms with E-state index >= 15 is 0 Å². The van der Waals surface area contributed by atoms with Crippen LogP contribution in [0.25, 0.3) is 22.2 Å². The smallest absolute Gasteiger partial charge is 0.152 e. The van der Waals surface area contributed by atoms with Crippen LogP contribution in [0.4, 0.5) is 0 Å². The minimum Gasteiger partial charge on any atom is -0.399 e. The lowest BCUT2D eigenvalue weighted by atomic mass is 9.90. The number of fused-ring (bicyclic) bond motifs is 1. The third-order valence-electron chi connectivity index (χ3n) is 4.49. The van der Waals surface area contributed by atoms with Crippen LogP contribution >= 0.6 is 0 Å². The summed E-state index contributed by atoms with van der Waals surface area (Å²) >= 11 is 0. The second-order valence-corrected chi connectivity index (χ2v) is 6.22. The molecule has 3 aromatic rings. The summed E-state index contributed by atoms with van der Waals surface area (Å²) in [6.07, 6.45) is 10.1.